The first-order valence-electron chi connectivity index (χ1n) is 3.23. The number of allylic oxidation sites excluding steroid dienone is 4. The molecule has 0 heterocycles. The van der Waals surface area contributed by atoms with Crippen molar-refractivity contribution in [2.24, 2.45) is 5.92 Å². The summed E-state index contributed by atoms with van der Waals surface area (Å²) in [6, 6.07) is 0. The van der Waals surface area contributed by atoms with E-state index in [4.69, 9.17) is 0 Å². The van der Waals surface area contributed by atoms with Crippen LogP contribution in [0.5, 0.6) is 0 Å². The molecule has 0 unspecified atom stereocenters. The van der Waals surface area contributed by atoms with Gasteiger partial charge in [-0.15, -0.1) is 0 Å². The van der Waals surface area contributed by atoms with Crippen molar-refractivity contribution in [3.63, 3.8) is 0 Å². The summed E-state index contributed by atoms with van der Waals surface area (Å²) in [7, 11) is 0. The second-order valence-corrected chi connectivity index (χ2v) is 3.83. The molecule has 1 rings (SSSR count). The molecule has 0 amide bonds. The van der Waals surface area contributed by atoms with Gasteiger partial charge in [-0.05, 0) is 41.9 Å². The number of hydrogen-bond acceptors (Lipinski definition) is 0. The van der Waals surface area contributed by atoms with E-state index in [0.717, 1.165) is 5.92 Å². The monoisotopic (exact) mass is 234 g/mol. The lowest BCUT2D eigenvalue weighted by Crippen LogP contribution is -1.96. The largest absolute Gasteiger partial charge is 0.0803 e. The van der Waals surface area contributed by atoms with E-state index in [0.29, 0.717) is 0 Å². The minimum absolute atomic E-state index is 0.753. The molecule has 1 aliphatic rings. The Kier molecular flexibility index (Phi) is 2.33. The van der Waals surface area contributed by atoms with Crippen LogP contribution < -0.4 is 0 Å². The summed E-state index contributed by atoms with van der Waals surface area (Å²) >= 11 is 2.39. The standard InChI is InChI=1S/C8H11I/c1-6-3-4-8(9)7(2)5-6/h3-4,6H,5H2,1-2H3/t6-/m0/s1. The highest BCUT2D eigenvalue weighted by molar-refractivity contribution is 14.1. The lowest BCUT2D eigenvalue weighted by atomic mass is 9.97. The predicted octanol–water partition coefficient (Wildman–Crippen LogP) is 3.29. The Labute approximate surface area is 70.2 Å². The van der Waals surface area contributed by atoms with E-state index in [1.807, 2.05) is 0 Å². The van der Waals surface area contributed by atoms with Crippen molar-refractivity contribution in [3.05, 3.63) is 21.3 Å². The van der Waals surface area contributed by atoms with Crippen molar-refractivity contribution in [2.45, 2.75) is 20.3 Å². The zero-order chi connectivity index (χ0) is 6.85. The van der Waals surface area contributed by atoms with Gasteiger partial charge in [-0.1, -0.05) is 24.6 Å². The molecule has 0 saturated heterocycles. The Hall–Kier alpha value is 0.210. The number of rotatable bonds is 0. The lowest BCUT2D eigenvalue weighted by Gasteiger charge is -2.12. The molecular weight excluding hydrogens is 223 g/mol. The van der Waals surface area contributed by atoms with Crippen LogP contribution in [-0.2, 0) is 0 Å². The molecule has 0 aliphatic heterocycles. The lowest BCUT2D eigenvalue weighted by molar-refractivity contribution is 0.706. The first kappa shape index (κ1) is 7.32. The molecule has 0 spiro atoms. The van der Waals surface area contributed by atoms with Crippen LogP contribution in [0, 0.1) is 5.92 Å². The van der Waals surface area contributed by atoms with Crippen LogP contribution in [-0.4, -0.2) is 0 Å². The maximum Gasteiger partial charge on any atom is 0.0116 e. The van der Waals surface area contributed by atoms with E-state index >= 15 is 0 Å². The van der Waals surface area contributed by atoms with Crippen LogP contribution in [0.2, 0.25) is 0 Å². The first-order chi connectivity index (χ1) is 4.20. The van der Waals surface area contributed by atoms with Gasteiger partial charge in [0.2, 0.25) is 0 Å². The molecule has 1 atom stereocenters. The molecule has 0 nitrogen and oxygen atoms in total. The summed E-state index contributed by atoms with van der Waals surface area (Å²) in [4.78, 5) is 0. The highest BCUT2D eigenvalue weighted by atomic mass is 127. The van der Waals surface area contributed by atoms with Crippen LogP contribution >= 0.6 is 22.6 Å². The van der Waals surface area contributed by atoms with Crippen molar-refractivity contribution >= 4 is 22.6 Å². The fourth-order valence-corrected chi connectivity index (χ4v) is 1.47. The third-order valence-corrected chi connectivity index (χ3v) is 2.89. The highest BCUT2D eigenvalue weighted by Crippen LogP contribution is 2.26. The Morgan fingerprint density at radius 3 is 2.78 bits per heavy atom. The van der Waals surface area contributed by atoms with E-state index in [2.05, 4.69) is 48.6 Å². The van der Waals surface area contributed by atoms with Gasteiger partial charge < -0.3 is 0 Å². The fourth-order valence-electron chi connectivity index (χ4n) is 1.04. The Balaban J connectivity index is 2.75. The van der Waals surface area contributed by atoms with Crippen LogP contribution in [0.1, 0.15) is 20.3 Å². The van der Waals surface area contributed by atoms with Crippen LogP contribution in [0.4, 0.5) is 0 Å². The Bertz CT molecular complexity index is 165. The molecule has 0 radical (unpaired) electrons. The number of hydrogen-bond donors (Lipinski definition) is 0. The van der Waals surface area contributed by atoms with Gasteiger partial charge >= 0.3 is 0 Å². The maximum absolute atomic E-state index is 2.39. The summed E-state index contributed by atoms with van der Waals surface area (Å²) in [6.45, 7) is 4.46. The van der Waals surface area contributed by atoms with Gasteiger partial charge in [-0.2, -0.15) is 0 Å². The minimum atomic E-state index is 0.753. The van der Waals surface area contributed by atoms with Gasteiger partial charge in [0.15, 0.2) is 0 Å². The quantitative estimate of drug-likeness (QED) is 0.564. The third kappa shape index (κ3) is 1.81. The summed E-state index contributed by atoms with van der Waals surface area (Å²) in [6.07, 6.45) is 5.73. The Morgan fingerprint density at radius 1 is 1.67 bits per heavy atom. The van der Waals surface area contributed by atoms with E-state index < -0.39 is 0 Å². The molecule has 0 aromatic carbocycles. The molecule has 1 aliphatic carbocycles. The molecule has 0 aromatic heterocycles. The topological polar surface area (TPSA) is 0 Å². The van der Waals surface area contributed by atoms with Gasteiger partial charge in [0.25, 0.3) is 0 Å². The SMILES string of the molecule is CC1=C(I)C=C[C@H](C)C1. The van der Waals surface area contributed by atoms with E-state index in [1.54, 1.807) is 0 Å². The van der Waals surface area contributed by atoms with Crippen LogP contribution in [0.3, 0.4) is 0 Å². The van der Waals surface area contributed by atoms with E-state index in [9.17, 15) is 0 Å². The van der Waals surface area contributed by atoms with Crippen molar-refractivity contribution in [1.82, 2.24) is 0 Å². The van der Waals surface area contributed by atoms with Gasteiger partial charge in [0.1, 0.15) is 0 Å². The molecule has 9 heavy (non-hydrogen) atoms. The summed E-state index contributed by atoms with van der Waals surface area (Å²) in [5.74, 6) is 0.753. The van der Waals surface area contributed by atoms with E-state index in [1.165, 1.54) is 15.6 Å². The van der Waals surface area contributed by atoms with Crippen LogP contribution in [0.25, 0.3) is 0 Å². The molecule has 50 valence electrons. The fraction of sp³-hybridized carbons (Fsp3) is 0.500. The molecular formula is C8H11I. The van der Waals surface area contributed by atoms with Crippen molar-refractivity contribution in [2.75, 3.05) is 0 Å². The summed E-state index contributed by atoms with van der Waals surface area (Å²) < 4.78 is 1.42. The third-order valence-electron chi connectivity index (χ3n) is 1.61. The summed E-state index contributed by atoms with van der Waals surface area (Å²) in [5, 5.41) is 0. The smallest absolute Gasteiger partial charge is 0.0116 e. The minimum Gasteiger partial charge on any atom is -0.0803 e. The maximum atomic E-state index is 2.39. The highest BCUT2D eigenvalue weighted by Gasteiger charge is 2.05. The second kappa shape index (κ2) is 2.86. The molecule has 0 aromatic rings. The van der Waals surface area contributed by atoms with Crippen LogP contribution in [0.15, 0.2) is 21.3 Å². The average molecular weight is 234 g/mol. The van der Waals surface area contributed by atoms with Gasteiger partial charge in [-0.25, -0.2) is 0 Å². The molecule has 0 N–H and O–H groups in total. The molecule has 0 fully saturated rings. The summed E-state index contributed by atoms with van der Waals surface area (Å²) in [5.41, 5.74) is 1.53. The molecule has 0 bridgehead atoms. The number of halogens is 1. The van der Waals surface area contributed by atoms with Gasteiger partial charge in [0, 0.05) is 3.58 Å². The zero-order valence-corrected chi connectivity index (χ0v) is 7.97. The van der Waals surface area contributed by atoms with E-state index in [-0.39, 0.29) is 0 Å². The zero-order valence-electron chi connectivity index (χ0n) is 5.82. The Morgan fingerprint density at radius 2 is 2.33 bits per heavy atom. The molecule has 1 heteroatoms. The molecule has 0 saturated carbocycles. The van der Waals surface area contributed by atoms with Gasteiger partial charge in [-0.3, -0.25) is 0 Å². The van der Waals surface area contributed by atoms with Crippen molar-refractivity contribution in [3.8, 4) is 0 Å². The van der Waals surface area contributed by atoms with Gasteiger partial charge in [0.05, 0.1) is 0 Å². The second-order valence-electron chi connectivity index (χ2n) is 2.67. The van der Waals surface area contributed by atoms with Crippen molar-refractivity contribution < 1.29 is 0 Å². The predicted molar refractivity (Wildman–Crippen MR) is 49.6 cm³/mol. The normalized spacial score (nSPS) is 27.2. The first-order valence-corrected chi connectivity index (χ1v) is 4.31. The van der Waals surface area contributed by atoms with Crippen molar-refractivity contribution in [1.29, 1.82) is 0 Å². The average Bonchev–Trinajstić information content (AvgIpc) is 1.80.